The third kappa shape index (κ3) is 3.85. The van der Waals surface area contributed by atoms with E-state index >= 15 is 0 Å². The van der Waals surface area contributed by atoms with Crippen molar-refractivity contribution in [2.75, 3.05) is 0 Å². The summed E-state index contributed by atoms with van der Waals surface area (Å²) in [6, 6.07) is 8.77. The number of benzene rings is 2. The molecule has 1 heterocycles. The van der Waals surface area contributed by atoms with Crippen LogP contribution in [0, 0.1) is 44.4 Å². The molecule has 2 aromatic carbocycles. The SMILES string of the molecule is CCC1CC(C)(C)C(Op2oc3c(C)cc(C)cc3c3cc(C)cc(C)c3o2)C1(C)C. The average Bonchev–Trinajstić information content (AvgIpc) is 2.77. The van der Waals surface area contributed by atoms with Gasteiger partial charge in [0.1, 0.15) is 11.2 Å². The zero-order valence-electron chi connectivity index (χ0n) is 20.6. The molecule has 0 saturated heterocycles. The van der Waals surface area contributed by atoms with Gasteiger partial charge in [-0.15, -0.1) is 0 Å². The number of hydrogen-bond acceptors (Lipinski definition) is 3. The standard InChI is InChI=1S/C27H37O3P/c1-10-20-15-26(6,7)25(27(20,8)9)30-31-28-23-18(4)11-16(2)13-21(23)22-14-17(3)12-19(5)24(22)29-31/h11-14,20,25H,10,15H2,1-9H3. The minimum absolute atomic E-state index is 0.0654. The van der Waals surface area contributed by atoms with Gasteiger partial charge in [-0.1, -0.05) is 53.2 Å². The molecular weight excluding hydrogens is 403 g/mol. The summed E-state index contributed by atoms with van der Waals surface area (Å²) in [6.45, 7) is 20.1. The molecule has 0 N–H and O–H groups in total. The van der Waals surface area contributed by atoms with Crippen molar-refractivity contribution in [2.45, 2.75) is 81.3 Å². The molecule has 1 aliphatic rings. The molecule has 1 saturated carbocycles. The lowest BCUT2D eigenvalue weighted by Crippen LogP contribution is -2.39. The topological polar surface area (TPSA) is 35.5 Å². The van der Waals surface area contributed by atoms with Gasteiger partial charge in [0, 0.05) is 10.8 Å². The monoisotopic (exact) mass is 440 g/mol. The van der Waals surface area contributed by atoms with Gasteiger partial charge in [-0.25, -0.2) is 0 Å². The van der Waals surface area contributed by atoms with Crippen molar-refractivity contribution in [3.05, 3.63) is 46.5 Å². The van der Waals surface area contributed by atoms with E-state index in [0.717, 1.165) is 39.5 Å². The third-order valence-electron chi connectivity index (χ3n) is 7.35. The Kier molecular flexibility index (Phi) is 5.59. The van der Waals surface area contributed by atoms with Crippen molar-refractivity contribution in [2.24, 2.45) is 16.7 Å². The lowest BCUT2D eigenvalue weighted by atomic mass is 9.77. The van der Waals surface area contributed by atoms with E-state index in [2.05, 4.69) is 86.6 Å². The molecule has 0 amide bonds. The highest BCUT2D eigenvalue weighted by Crippen LogP contribution is 2.56. The summed E-state index contributed by atoms with van der Waals surface area (Å²) in [7, 11) is -1.58. The van der Waals surface area contributed by atoms with Crippen LogP contribution in [0.25, 0.3) is 21.9 Å². The second kappa shape index (κ2) is 7.71. The van der Waals surface area contributed by atoms with Gasteiger partial charge in [0.25, 0.3) is 0 Å². The van der Waals surface area contributed by atoms with E-state index in [4.69, 9.17) is 12.9 Å². The van der Waals surface area contributed by atoms with E-state index in [1.54, 1.807) is 0 Å². The van der Waals surface area contributed by atoms with Crippen LogP contribution >= 0.6 is 8.24 Å². The summed E-state index contributed by atoms with van der Waals surface area (Å²) in [5.74, 6) is 0.628. The molecule has 0 spiro atoms. The van der Waals surface area contributed by atoms with Crippen LogP contribution in [0.5, 0.6) is 0 Å². The fourth-order valence-corrected chi connectivity index (χ4v) is 7.66. The number of fused-ring (bicyclic) bond motifs is 3. The molecule has 4 rings (SSSR count). The van der Waals surface area contributed by atoms with Crippen LogP contribution in [0.15, 0.2) is 32.7 Å². The van der Waals surface area contributed by atoms with Crippen LogP contribution in [0.2, 0.25) is 0 Å². The Labute approximate surface area is 187 Å². The second-order valence-corrected chi connectivity index (χ2v) is 12.0. The highest BCUT2D eigenvalue weighted by atomic mass is 31.1. The lowest BCUT2D eigenvalue weighted by molar-refractivity contribution is 0.0524. The van der Waals surface area contributed by atoms with E-state index in [1.807, 2.05) is 0 Å². The van der Waals surface area contributed by atoms with Crippen molar-refractivity contribution in [1.29, 1.82) is 0 Å². The Morgan fingerprint density at radius 3 is 1.77 bits per heavy atom. The van der Waals surface area contributed by atoms with E-state index in [0.29, 0.717) is 5.92 Å². The number of hydrogen-bond donors (Lipinski definition) is 0. The Bertz CT molecular complexity index is 1120. The smallest absolute Gasteiger partial charge is 0.387 e. The van der Waals surface area contributed by atoms with Gasteiger partial charge in [-0.05, 0) is 85.3 Å². The first-order chi connectivity index (χ1) is 14.4. The summed E-state index contributed by atoms with van der Waals surface area (Å²) in [6.07, 6.45) is 2.39. The quantitative estimate of drug-likeness (QED) is 0.408. The van der Waals surface area contributed by atoms with Crippen LogP contribution in [0.3, 0.4) is 0 Å². The Balaban J connectivity index is 1.99. The predicted octanol–water partition coefficient (Wildman–Crippen LogP) is 8.80. The van der Waals surface area contributed by atoms with Crippen LogP contribution < -0.4 is 4.52 Å². The molecule has 1 aromatic heterocycles. The van der Waals surface area contributed by atoms with Crippen molar-refractivity contribution in [1.82, 2.24) is 0 Å². The Hall–Kier alpha value is -1.70. The Morgan fingerprint density at radius 2 is 1.35 bits per heavy atom. The molecule has 31 heavy (non-hydrogen) atoms. The second-order valence-electron chi connectivity index (χ2n) is 10.9. The molecule has 2 unspecified atom stereocenters. The first kappa shape index (κ1) is 22.5. The predicted molar refractivity (Wildman–Crippen MR) is 132 cm³/mol. The average molecular weight is 441 g/mol. The summed E-state index contributed by atoms with van der Waals surface area (Å²) in [5.41, 5.74) is 6.61. The minimum Gasteiger partial charge on any atom is -0.399 e. The van der Waals surface area contributed by atoms with Gasteiger partial charge in [0.15, 0.2) is 0 Å². The Morgan fingerprint density at radius 1 is 0.871 bits per heavy atom. The normalized spacial score (nSPS) is 22.4. The summed E-state index contributed by atoms with van der Waals surface area (Å²) in [4.78, 5) is 0. The minimum atomic E-state index is -1.58. The molecule has 3 aromatic rings. The summed E-state index contributed by atoms with van der Waals surface area (Å²) in [5, 5.41) is 2.20. The number of aryl methyl sites for hydroxylation is 4. The maximum absolute atomic E-state index is 6.80. The summed E-state index contributed by atoms with van der Waals surface area (Å²) >= 11 is 0. The zero-order chi connectivity index (χ0) is 22.7. The zero-order valence-corrected chi connectivity index (χ0v) is 21.4. The largest absolute Gasteiger partial charge is 0.399 e. The first-order valence-electron chi connectivity index (χ1n) is 11.5. The third-order valence-corrected chi connectivity index (χ3v) is 8.40. The molecular formula is C27H37O3P. The van der Waals surface area contributed by atoms with Gasteiger partial charge < -0.3 is 8.39 Å². The van der Waals surface area contributed by atoms with Gasteiger partial charge in [0.05, 0.1) is 6.10 Å². The molecule has 2 atom stereocenters. The van der Waals surface area contributed by atoms with Crippen LogP contribution in [-0.4, -0.2) is 6.10 Å². The molecule has 0 aliphatic heterocycles. The fourth-order valence-electron chi connectivity index (χ4n) is 6.02. The van der Waals surface area contributed by atoms with E-state index < -0.39 is 8.24 Å². The van der Waals surface area contributed by atoms with E-state index in [9.17, 15) is 0 Å². The molecule has 1 aliphatic carbocycles. The molecule has 168 valence electrons. The summed E-state index contributed by atoms with van der Waals surface area (Å²) < 4.78 is 19.9. The molecule has 1 fully saturated rings. The van der Waals surface area contributed by atoms with Crippen LogP contribution in [-0.2, 0) is 0 Å². The van der Waals surface area contributed by atoms with Gasteiger partial charge in [-0.2, -0.15) is 0 Å². The molecule has 3 nitrogen and oxygen atoms in total. The van der Waals surface area contributed by atoms with E-state index in [-0.39, 0.29) is 16.9 Å². The molecule has 0 bridgehead atoms. The van der Waals surface area contributed by atoms with Gasteiger partial charge in [-0.3, -0.25) is 4.52 Å². The highest BCUT2D eigenvalue weighted by Gasteiger charge is 2.54. The van der Waals surface area contributed by atoms with Crippen LogP contribution in [0.4, 0.5) is 0 Å². The first-order valence-corrected chi connectivity index (χ1v) is 12.6. The maximum atomic E-state index is 6.80. The highest BCUT2D eigenvalue weighted by molar-refractivity contribution is 7.31. The molecule has 4 heteroatoms. The maximum Gasteiger partial charge on any atom is 0.387 e. The number of rotatable bonds is 3. The van der Waals surface area contributed by atoms with Crippen molar-refractivity contribution in [3.8, 4) is 0 Å². The van der Waals surface area contributed by atoms with Crippen molar-refractivity contribution >= 4 is 30.2 Å². The van der Waals surface area contributed by atoms with E-state index in [1.165, 1.54) is 17.5 Å². The molecule has 0 radical (unpaired) electrons. The fraction of sp³-hybridized carbons (Fsp3) is 0.556. The lowest BCUT2D eigenvalue weighted by Gasteiger charge is -2.35. The van der Waals surface area contributed by atoms with Crippen molar-refractivity contribution < 1.29 is 12.9 Å². The van der Waals surface area contributed by atoms with Crippen LogP contribution in [0.1, 0.15) is 69.7 Å². The van der Waals surface area contributed by atoms with Gasteiger partial charge in [0.2, 0.25) is 0 Å². The van der Waals surface area contributed by atoms with Crippen molar-refractivity contribution in [3.63, 3.8) is 0 Å². The van der Waals surface area contributed by atoms with Gasteiger partial charge >= 0.3 is 8.24 Å².